The summed E-state index contributed by atoms with van der Waals surface area (Å²) >= 11 is 0. The number of nitrogen functional groups attached to an aromatic ring is 2. The third kappa shape index (κ3) is 2.14. The van der Waals surface area contributed by atoms with Crippen molar-refractivity contribution >= 4 is 11.4 Å². The number of anilines is 2. The van der Waals surface area contributed by atoms with Crippen LogP contribution in [-0.2, 0) is 5.41 Å². The minimum absolute atomic E-state index is 0.133. The van der Waals surface area contributed by atoms with Crippen LogP contribution in [0.15, 0.2) is 24.3 Å². The lowest BCUT2D eigenvalue weighted by atomic mass is 9.76. The van der Waals surface area contributed by atoms with Gasteiger partial charge in [-0.2, -0.15) is 0 Å². The van der Waals surface area contributed by atoms with Crippen LogP contribution >= 0.6 is 0 Å². The maximum Gasteiger partial charge on any atom is 0.146 e. The van der Waals surface area contributed by atoms with Crippen LogP contribution in [-0.4, -0.2) is 20.4 Å². The molecule has 2 aromatic rings. The highest BCUT2D eigenvalue weighted by Crippen LogP contribution is 2.47. The molecule has 0 fully saturated rings. The van der Waals surface area contributed by atoms with Crippen LogP contribution in [0.2, 0.25) is 0 Å². The smallest absolute Gasteiger partial charge is 0.146 e. The monoisotopic (exact) mass is 290 g/mol. The van der Waals surface area contributed by atoms with Crippen molar-refractivity contribution in [3.05, 3.63) is 35.4 Å². The Labute approximate surface area is 121 Å². The zero-order valence-corrected chi connectivity index (χ0v) is 11.8. The SMILES string of the molecule is CC(C)(c1ccc(O)c(N)c1O)c1ccc(O)c(N)c1O. The van der Waals surface area contributed by atoms with Crippen molar-refractivity contribution in [1.29, 1.82) is 0 Å². The molecule has 2 aromatic carbocycles. The van der Waals surface area contributed by atoms with Crippen LogP contribution < -0.4 is 11.5 Å². The van der Waals surface area contributed by atoms with E-state index in [1.165, 1.54) is 24.3 Å². The molecule has 6 nitrogen and oxygen atoms in total. The summed E-state index contributed by atoms with van der Waals surface area (Å²) in [5.74, 6) is -0.958. The Morgan fingerprint density at radius 3 is 1.38 bits per heavy atom. The number of hydrogen-bond donors (Lipinski definition) is 6. The predicted molar refractivity (Wildman–Crippen MR) is 80.5 cm³/mol. The Kier molecular flexibility index (Phi) is 3.25. The predicted octanol–water partition coefficient (Wildman–Crippen LogP) is 2.00. The fourth-order valence-electron chi connectivity index (χ4n) is 2.35. The zero-order valence-electron chi connectivity index (χ0n) is 11.8. The van der Waals surface area contributed by atoms with Gasteiger partial charge in [-0.1, -0.05) is 26.0 Å². The second kappa shape index (κ2) is 4.66. The summed E-state index contributed by atoms with van der Waals surface area (Å²) in [6.07, 6.45) is 0. The van der Waals surface area contributed by atoms with Crippen LogP contribution in [0, 0.1) is 0 Å². The first-order chi connectivity index (χ1) is 9.67. The van der Waals surface area contributed by atoms with Gasteiger partial charge in [-0.05, 0) is 12.1 Å². The highest BCUT2D eigenvalue weighted by molar-refractivity contribution is 5.70. The summed E-state index contributed by atoms with van der Waals surface area (Å²) in [5.41, 5.74) is 11.0. The molecule has 0 aliphatic rings. The number of rotatable bonds is 2. The molecule has 8 N–H and O–H groups in total. The van der Waals surface area contributed by atoms with E-state index < -0.39 is 5.41 Å². The van der Waals surface area contributed by atoms with E-state index in [9.17, 15) is 20.4 Å². The van der Waals surface area contributed by atoms with Crippen molar-refractivity contribution in [2.24, 2.45) is 0 Å². The molecule has 0 heterocycles. The molecule has 0 spiro atoms. The zero-order chi connectivity index (χ0) is 15.9. The third-order valence-corrected chi connectivity index (χ3v) is 3.73. The fourth-order valence-corrected chi connectivity index (χ4v) is 2.35. The molecule has 21 heavy (non-hydrogen) atoms. The molecule has 0 aromatic heterocycles. The minimum atomic E-state index is -0.849. The topological polar surface area (TPSA) is 133 Å². The molecule has 0 aliphatic carbocycles. The Bertz CT molecular complexity index is 652. The average molecular weight is 290 g/mol. The Morgan fingerprint density at radius 1 is 0.714 bits per heavy atom. The first-order valence-electron chi connectivity index (χ1n) is 6.29. The van der Waals surface area contributed by atoms with Crippen molar-refractivity contribution in [3.8, 4) is 23.0 Å². The van der Waals surface area contributed by atoms with Crippen molar-refractivity contribution in [3.63, 3.8) is 0 Å². The normalized spacial score (nSPS) is 11.5. The van der Waals surface area contributed by atoms with Crippen LogP contribution in [0.25, 0.3) is 0 Å². The fraction of sp³-hybridized carbons (Fsp3) is 0.200. The highest BCUT2D eigenvalue weighted by Gasteiger charge is 2.31. The number of phenols is 4. The lowest BCUT2D eigenvalue weighted by Crippen LogP contribution is -2.20. The van der Waals surface area contributed by atoms with E-state index >= 15 is 0 Å². The quantitative estimate of drug-likeness (QED) is 0.370. The van der Waals surface area contributed by atoms with Gasteiger partial charge in [-0.3, -0.25) is 0 Å². The Balaban J connectivity index is 2.68. The van der Waals surface area contributed by atoms with E-state index in [4.69, 9.17) is 11.5 Å². The summed E-state index contributed by atoms with van der Waals surface area (Å²) in [6, 6.07) is 5.77. The second-order valence-electron chi connectivity index (χ2n) is 5.41. The molecule has 0 bridgehead atoms. The summed E-state index contributed by atoms with van der Waals surface area (Å²) in [4.78, 5) is 0. The molecule has 0 saturated carbocycles. The molecule has 0 radical (unpaired) electrons. The van der Waals surface area contributed by atoms with E-state index in [0.29, 0.717) is 11.1 Å². The van der Waals surface area contributed by atoms with Gasteiger partial charge in [0.1, 0.15) is 34.4 Å². The van der Waals surface area contributed by atoms with Gasteiger partial charge in [0.15, 0.2) is 0 Å². The summed E-state index contributed by atoms with van der Waals surface area (Å²) in [5, 5.41) is 39.3. The van der Waals surface area contributed by atoms with Gasteiger partial charge in [0.25, 0.3) is 0 Å². The van der Waals surface area contributed by atoms with Gasteiger partial charge in [-0.25, -0.2) is 0 Å². The highest BCUT2D eigenvalue weighted by atomic mass is 16.3. The van der Waals surface area contributed by atoms with E-state index in [2.05, 4.69) is 0 Å². The summed E-state index contributed by atoms with van der Waals surface area (Å²) < 4.78 is 0. The molecular weight excluding hydrogens is 272 g/mol. The summed E-state index contributed by atoms with van der Waals surface area (Å²) in [6.45, 7) is 3.51. The van der Waals surface area contributed by atoms with Gasteiger partial charge in [0.2, 0.25) is 0 Å². The van der Waals surface area contributed by atoms with Crippen LogP contribution in [0.5, 0.6) is 23.0 Å². The van der Waals surface area contributed by atoms with Gasteiger partial charge < -0.3 is 31.9 Å². The Hall–Kier alpha value is -2.76. The molecule has 112 valence electrons. The molecule has 2 rings (SSSR count). The summed E-state index contributed by atoms with van der Waals surface area (Å²) in [7, 11) is 0. The molecular formula is C15H18N2O4. The maximum absolute atomic E-state index is 10.1. The van der Waals surface area contributed by atoms with E-state index in [-0.39, 0.29) is 34.4 Å². The number of phenolic OH excluding ortho intramolecular Hbond substituents is 4. The first-order valence-corrected chi connectivity index (χ1v) is 6.29. The third-order valence-electron chi connectivity index (χ3n) is 3.73. The molecule has 0 saturated heterocycles. The van der Waals surface area contributed by atoms with Crippen LogP contribution in [0.4, 0.5) is 11.4 Å². The van der Waals surface area contributed by atoms with Crippen molar-refractivity contribution in [1.82, 2.24) is 0 Å². The molecule has 0 amide bonds. The number of aromatic hydroxyl groups is 4. The standard InChI is InChI=1S/C15H18N2O4/c1-15(2,7-3-5-9(18)11(16)13(7)20)8-4-6-10(19)12(17)14(8)21/h3-6,18-21H,16-17H2,1-2H3. The lowest BCUT2D eigenvalue weighted by molar-refractivity contribution is 0.427. The number of nitrogens with two attached hydrogens (primary N) is 2. The van der Waals surface area contributed by atoms with Crippen LogP contribution in [0.1, 0.15) is 25.0 Å². The van der Waals surface area contributed by atoms with Gasteiger partial charge >= 0.3 is 0 Å². The molecule has 0 aliphatic heterocycles. The van der Waals surface area contributed by atoms with Gasteiger partial charge in [0, 0.05) is 16.5 Å². The first kappa shape index (κ1) is 14.6. The maximum atomic E-state index is 10.1. The Morgan fingerprint density at radius 2 is 1.05 bits per heavy atom. The van der Waals surface area contributed by atoms with Gasteiger partial charge in [0.05, 0.1) is 0 Å². The molecule has 0 atom stereocenters. The lowest BCUT2D eigenvalue weighted by Gasteiger charge is -2.28. The van der Waals surface area contributed by atoms with E-state index in [0.717, 1.165) is 0 Å². The van der Waals surface area contributed by atoms with Crippen LogP contribution in [0.3, 0.4) is 0 Å². The number of hydrogen-bond acceptors (Lipinski definition) is 6. The second-order valence-corrected chi connectivity index (χ2v) is 5.41. The van der Waals surface area contributed by atoms with Crippen molar-refractivity contribution < 1.29 is 20.4 Å². The van der Waals surface area contributed by atoms with Crippen molar-refractivity contribution in [2.45, 2.75) is 19.3 Å². The average Bonchev–Trinajstić information content (AvgIpc) is 2.41. The molecule has 0 unspecified atom stereocenters. The van der Waals surface area contributed by atoms with E-state index in [1.807, 2.05) is 0 Å². The largest absolute Gasteiger partial charge is 0.506 e. The molecule has 6 heteroatoms. The number of benzene rings is 2. The van der Waals surface area contributed by atoms with E-state index in [1.54, 1.807) is 13.8 Å². The minimum Gasteiger partial charge on any atom is -0.506 e. The van der Waals surface area contributed by atoms with Gasteiger partial charge in [-0.15, -0.1) is 0 Å². The van der Waals surface area contributed by atoms with Crippen molar-refractivity contribution in [2.75, 3.05) is 11.5 Å².